The molecule has 0 aromatic heterocycles. The Morgan fingerprint density at radius 2 is 1.93 bits per heavy atom. The largest absolute Gasteiger partial charge is 0.381 e. The number of aryl methyl sites for hydroxylation is 1. The van der Waals surface area contributed by atoms with Crippen molar-refractivity contribution in [3.63, 3.8) is 0 Å². The molecule has 0 radical (unpaired) electrons. The maximum Gasteiger partial charge on any atom is 0.102 e. The molecule has 0 heterocycles. The molecule has 2 heteroatoms. The van der Waals surface area contributed by atoms with E-state index in [4.69, 9.17) is 5.26 Å². The minimum Gasteiger partial charge on any atom is -0.381 e. The van der Waals surface area contributed by atoms with Crippen LogP contribution in [0, 0.1) is 24.2 Å². The van der Waals surface area contributed by atoms with Crippen molar-refractivity contribution in [2.45, 2.75) is 33.7 Å². The van der Waals surface area contributed by atoms with Gasteiger partial charge in [0.05, 0.1) is 11.3 Å². The highest BCUT2D eigenvalue weighted by atomic mass is 14.9. The average Bonchev–Trinajstić information content (AvgIpc) is 2.18. The Labute approximate surface area is 91.9 Å². The van der Waals surface area contributed by atoms with Crippen LogP contribution in [-0.4, -0.2) is 6.04 Å². The van der Waals surface area contributed by atoms with E-state index in [-0.39, 0.29) is 0 Å². The lowest BCUT2D eigenvalue weighted by atomic mass is 10.0. The third-order valence-electron chi connectivity index (χ3n) is 2.77. The molecule has 1 rings (SSSR count). The smallest absolute Gasteiger partial charge is 0.102 e. The van der Waals surface area contributed by atoms with Crippen LogP contribution < -0.4 is 5.32 Å². The summed E-state index contributed by atoms with van der Waals surface area (Å²) in [6, 6.07) is 8.52. The summed E-state index contributed by atoms with van der Waals surface area (Å²) in [7, 11) is 0. The van der Waals surface area contributed by atoms with Gasteiger partial charge < -0.3 is 5.32 Å². The van der Waals surface area contributed by atoms with Gasteiger partial charge in [0.15, 0.2) is 0 Å². The molecule has 0 fully saturated rings. The minimum absolute atomic E-state index is 0.374. The first kappa shape index (κ1) is 11.6. The topological polar surface area (TPSA) is 35.8 Å². The lowest BCUT2D eigenvalue weighted by Crippen LogP contribution is -2.22. The van der Waals surface area contributed by atoms with Crippen LogP contribution in [0.15, 0.2) is 18.2 Å². The van der Waals surface area contributed by atoms with Crippen LogP contribution in [-0.2, 0) is 0 Å². The van der Waals surface area contributed by atoms with Crippen LogP contribution in [0.2, 0.25) is 0 Å². The summed E-state index contributed by atoms with van der Waals surface area (Å²) >= 11 is 0. The fraction of sp³-hybridized carbons (Fsp3) is 0.462. The predicted molar refractivity (Wildman–Crippen MR) is 63.8 cm³/mol. The van der Waals surface area contributed by atoms with Gasteiger partial charge in [0.1, 0.15) is 6.07 Å². The predicted octanol–water partition coefficient (Wildman–Crippen LogP) is 3.32. The van der Waals surface area contributed by atoms with Crippen molar-refractivity contribution in [3.8, 4) is 6.07 Å². The van der Waals surface area contributed by atoms with Crippen LogP contribution in [0.25, 0.3) is 0 Å². The highest BCUT2D eigenvalue weighted by Gasteiger charge is 2.10. The fourth-order valence-electron chi connectivity index (χ4n) is 1.35. The van der Waals surface area contributed by atoms with E-state index < -0.39 is 0 Å². The van der Waals surface area contributed by atoms with Crippen molar-refractivity contribution in [1.29, 1.82) is 5.26 Å². The molecule has 0 saturated carbocycles. The average molecular weight is 202 g/mol. The zero-order valence-electron chi connectivity index (χ0n) is 9.83. The van der Waals surface area contributed by atoms with Crippen molar-refractivity contribution in [2.75, 3.05) is 5.32 Å². The van der Waals surface area contributed by atoms with Crippen molar-refractivity contribution >= 4 is 5.69 Å². The van der Waals surface area contributed by atoms with Gasteiger partial charge in [-0.3, -0.25) is 0 Å². The zero-order chi connectivity index (χ0) is 11.4. The summed E-state index contributed by atoms with van der Waals surface area (Å²) in [6.45, 7) is 8.43. The third-order valence-corrected chi connectivity index (χ3v) is 2.77. The summed E-state index contributed by atoms with van der Waals surface area (Å²) in [6.07, 6.45) is 0. The van der Waals surface area contributed by atoms with Crippen LogP contribution in [0.1, 0.15) is 31.9 Å². The highest BCUT2D eigenvalue weighted by molar-refractivity contribution is 5.61. The standard InChI is InChI=1S/C13H18N2/c1-9(2)11(4)15-13-7-5-6-10(3)12(13)8-14/h5-7,9,11,15H,1-4H3. The molecule has 1 N–H and O–H groups in total. The molecule has 0 spiro atoms. The van der Waals surface area contributed by atoms with Crippen molar-refractivity contribution in [3.05, 3.63) is 29.3 Å². The van der Waals surface area contributed by atoms with Gasteiger partial charge in [-0.25, -0.2) is 0 Å². The Bertz CT molecular complexity index is 375. The van der Waals surface area contributed by atoms with Gasteiger partial charge in [-0.05, 0) is 31.4 Å². The fourth-order valence-corrected chi connectivity index (χ4v) is 1.35. The van der Waals surface area contributed by atoms with Crippen molar-refractivity contribution < 1.29 is 0 Å². The zero-order valence-corrected chi connectivity index (χ0v) is 9.83. The lowest BCUT2D eigenvalue weighted by Gasteiger charge is -2.20. The number of benzene rings is 1. The second kappa shape index (κ2) is 4.84. The van der Waals surface area contributed by atoms with Gasteiger partial charge in [0.25, 0.3) is 0 Å². The van der Waals surface area contributed by atoms with E-state index in [1.54, 1.807) is 0 Å². The number of nitrogens with zero attached hydrogens (tertiary/aromatic N) is 1. The quantitative estimate of drug-likeness (QED) is 0.816. The molecule has 0 saturated heterocycles. The molecular weight excluding hydrogens is 184 g/mol. The van der Waals surface area contributed by atoms with Gasteiger partial charge in [0.2, 0.25) is 0 Å². The molecule has 0 aliphatic carbocycles. The molecule has 2 nitrogen and oxygen atoms in total. The Hall–Kier alpha value is -1.49. The maximum atomic E-state index is 9.06. The summed E-state index contributed by atoms with van der Waals surface area (Å²) in [5, 5.41) is 12.4. The molecular formula is C13H18N2. The first-order chi connectivity index (χ1) is 7.06. The first-order valence-corrected chi connectivity index (χ1v) is 5.32. The van der Waals surface area contributed by atoms with E-state index in [0.29, 0.717) is 12.0 Å². The van der Waals surface area contributed by atoms with Gasteiger partial charge in [-0.2, -0.15) is 5.26 Å². The van der Waals surface area contributed by atoms with Crippen LogP contribution >= 0.6 is 0 Å². The van der Waals surface area contributed by atoms with Crippen molar-refractivity contribution in [1.82, 2.24) is 0 Å². The second-order valence-corrected chi connectivity index (χ2v) is 4.29. The third kappa shape index (κ3) is 2.73. The van der Waals surface area contributed by atoms with E-state index in [1.165, 1.54) is 0 Å². The molecule has 1 aromatic carbocycles. The number of anilines is 1. The van der Waals surface area contributed by atoms with Gasteiger partial charge in [-0.15, -0.1) is 0 Å². The molecule has 80 valence electrons. The summed E-state index contributed by atoms with van der Waals surface area (Å²) in [5.41, 5.74) is 2.72. The van der Waals surface area contributed by atoms with Crippen LogP contribution in [0.3, 0.4) is 0 Å². The van der Waals surface area contributed by atoms with Gasteiger partial charge >= 0.3 is 0 Å². The molecule has 1 unspecified atom stereocenters. The summed E-state index contributed by atoms with van der Waals surface area (Å²) < 4.78 is 0. The lowest BCUT2D eigenvalue weighted by molar-refractivity contribution is 0.560. The Morgan fingerprint density at radius 3 is 2.47 bits per heavy atom. The Kier molecular flexibility index (Phi) is 3.74. The van der Waals surface area contributed by atoms with E-state index in [1.807, 2.05) is 25.1 Å². The van der Waals surface area contributed by atoms with E-state index in [0.717, 1.165) is 16.8 Å². The molecule has 0 aliphatic rings. The normalized spacial score (nSPS) is 12.3. The highest BCUT2D eigenvalue weighted by Crippen LogP contribution is 2.20. The van der Waals surface area contributed by atoms with Gasteiger partial charge in [-0.1, -0.05) is 26.0 Å². The number of nitrogens with one attached hydrogen (secondary N) is 1. The van der Waals surface area contributed by atoms with Crippen LogP contribution in [0.5, 0.6) is 0 Å². The van der Waals surface area contributed by atoms with E-state index in [2.05, 4.69) is 32.2 Å². The minimum atomic E-state index is 0.374. The number of rotatable bonds is 3. The molecule has 1 aromatic rings. The Morgan fingerprint density at radius 1 is 1.27 bits per heavy atom. The summed E-state index contributed by atoms with van der Waals surface area (Å²) in [4.78, 5) is 0. The number of nitriles is 1. The van der Waals surface area contributed by atoms with Crippen molar-refractivity contribution in [2.24, 2.45) is 5.92 Å². The molecule has 15 heavy (non-hydrogen) atoms. The SMILES string of the molecule is Cc1cccc(NC(C)C(C)C)c1C#N. The molecule has 0 bridgehead atoms. The summed E-state index contributed by atoms with van der Waals surface area (Å²) in [5.74, 6) is 0.553. The number of hydrogen-bond donors (Lipinski definition) is 1. The monoisotopic (exact) mass is 202 g/mol. The van der Waals surface area contributed by atoms with E-state index in [9.17, 15) is 0 Å². The maximum absolute atomic E-state index is 9.06. The van der Waals surface area contributed by atoms with E-state index >= 15 is 0 Å². The molecule has 0 amide bonds. The van der Waals surface area contributed by atoms with Crippen LogP contribution in [0.4, 0.5) is 5.69 Å². The second-order valence-electron chi connectivity index (χ2n) is 4.29. The number of hydrogen-bond acceptors (Lipinski definition) is 2. The first-order valence-electron chi connectivity index (χ1n) is 5.32. The molecule has 1 atom stereocenters. The molecule has 0 aliphatic heterocycles. The van der Waals surface area contributed by atoms with Gasteiger partial charge in [0, 0.05) is 6.04 Å². The Balaban J connectivity index is 2.96.